The van der Waals surface area contributed by atoms with Crippen molar-refractivity contribution in [2.24, 2.45) is 5.73 Å². The molecule has 0 aliphatic rings. The number of amides is 1. The Kier molecular flexibility index (Phi) is 5.68. The lowest BCUT2D eigenvalue weighted by atomic mass is 10.3. The Balaban J connectivity index is 2.02. The molecule has 1 aromatic rings. The molecule has 1 rings (SSSR count). The van der Waals surface area contributed by atoms with Crippen LogP contribution in [0.4, 0.5) is 0 Å². The molecule has 0 saturated heterocycles. The van der Waals surface area contributed by atoms with E-state index in [0.717, 1.165) is 11.7 Å². The number of carbonyl (C=O) groups is 1. The Morgan fingerprint density at radius 1 is 1.75 bits per heavy atom. The van der Waals surface area contributed by atoms with Gasteiger partial charge in [0.05, 0.1) is 11.7 Å². The summed E-state index contributed by atoms with van der Waals surface area (Å²) in [5.74, 6) is 0.0352. The molecule has 0 spiro atoms. The summed E-state index contributed by atoms with van der Waals surface area (Å²) in [5.41, 5.74) is 4.95. The van der Waals surface area contributed by atoms with E-state index in [1.165, 1.54) is 6.20 Å². The van der Waals surface area contributed by atoms with Crippen LogP contribution in [-0.4, -0.2) is 45.6 Å². The molecule has 1 unspecified atom stereocenters. The monoisotopic (exact) mass is 246 g/mol. The van der Waals surface area contributed by atoms with Crippen molar-refractivity contribution in [2.45, 2.75) is 12.5 Å². The van der Waals surface area contributed by atoms with Gasteiger partial charge in [0, 0.05) is 19.5 Å². The van der Waals surface area contributed by atoms with Crippen LogP contribution in [0.1, 0.15) is 6.42 Å². The number of hydrogen-bond donors (Lipinski definition) is 3. The molecule has 0 aliphatic carbocycles. The molecule has 1 atom stereocenters. The molecule has 8 heteroatoms. The van der Waals surface area contributed by atoms with Gasteiger partial charge in [0.15, 0.2) is 0 Å². The van der Waals surface area contributed by atoms with Crippen LogP contribution in [0.5, 0.6) is 5.88 Å². The fraction of sp³-hybridized carbons (Fsp3) is 0.625. The van der Waals surface area contributed by atoms with Crippen molar-refractivity contribution in [1.29, 1.82) is 0 Å². The number of aromatic nitrogens is 2. The van der Waals surface area contributed by atoms with Gasteiger partial charge < -0.3 is 20.9 Å². The second-order valence-electron chi connectivity index (χ2n) is 3.13. The molecule has 16 heavy (non-hydrogen) atoms. The first-order valence-electron chi connectivity index (χ1n) is 4.76. The molecule has 4 N–H and O–H groups in total. The molecular formula is C8H14N4O3S. The Labute approximate surface area is 96.9 Å². The fourth-order valence-electron chi connectivity index (χ4n) is 0.940. The van der Waals surface area contributed by atoms with Crippen molar-refractivity contribution in [2.75, 3.05) is 19.7 Å². The molecule has 1 aromatic heterocycles. The van der Waals surface area contributed by atoms with E-state index in [0.29, 0.717) is 19.0 Å². The Morgan fingerprint density at radius 2 is 2.56 bits per heavy atom. The van der Waals surface area contributed by atoms with Crippen molar-refractivity contribution >= 4 is 17.6 Å². The van der Waals surface area contributed by atoms with Gasteiger partial charge in [-0.2, -0.15) is 4.37 Å². The van der Waals surface area contributed by atoms with Gasteiger partial charge in [-0.3, -0.25) is 4.79 Å². The summed E-state index contributed by atoms with van der Waals surface area (Å²) >= 11 is 1.04. The average Bonchev–Trinajstić information content (AvgIpc) is 2.74. The molecule has 0 aliphatic heterocycles. The van der Waals surface area contributed by atoms with Gasteiger partial charge in [0.25, 0.3) is 0 Å². The van der Waals surface area contributed by atoms with E-state index >= 15 is 0 Å². The SMILES string of the molecule is NC(=O)CCNCC(O)COc1cnsn1. The minimum Gasteiger partial charge on any atom is -0.473 e. The standard InChI is InChI=1S/C8H14N4O3S/c9-7(14)1-2-10-3-6(13)5-15-8-4-11-16-12-8/h4,6,10,13H,1-3,5H2,(H2,9,14). The van der Waals surface area contributed by atoms with Crippen LogP contribution in [0.25, 0.3) is 0 Å². The van der Waals surface area contributed by atoms with Gasteiger partial charge in [-0.05, 0) is 0 Å². The number of nitrogens with two attached hydrogens (primary N) is 1. The van der Waals surface area contributed by atoms with Crippen molar-refractivity contribution < 1.29 is 14.6 Å². The zero-order valence-electron chi connectivity index (χ0n) is 8.63. The summed E-state index contributed by atoms with van der Waals surface area (Å²) in [7, 11) is 0. The van der Waals surface area contributed by atoms with Crippen LogP contribution < -0.4 is 15.8 Å². The first kappa shape index (κ1) is 12.8. The Morgan fingerprint density at radius 3 is 3.19 bits per heavy atom. The highest BCUT2D eigenvalue weighted by atomic mass is 32.1. The number of carbonyl (C=O) groups excluding carboxylic acids is 1. The Hall–Kier alpha value is -1.25. The zero-order chi connectivity index (χ0) is 11.8. The molecule has 0 radical (unpaired) electrons. The molecular weight excluding hydrogens is 232 g/mol. The maximum absolute atomic E-state index is 10.4. The van der Waals surface area contributed by atoms with E-state index in [9.17, 15) is 9.90 Å². The molecule has 1 amide bonds. The lowest BCUT2D eigenvalue weighted by Crippen LogP contribution is -2.33. The highest BCUT2D eigenvalue weighted by Gasteiger charge is 2.06. The van der Waals surface area contributed by atoms with E-state index in [-0.39, 0.29) is 18.9 Å². The van der Waals surface area contributed by atoms with Gasteiger partial charge in [-0.15, -0.1) is 4.37 Å². The van der Waals surface area contributed by atoms with E-state index in [1.54, 1.807) is 0 Å². The number of rotatable bonds is 8. The van der Waals surface area contributed by atoms with Gasteiger partial charge in [0.1, 0.15) is 18.9 Å². The minimum absolute atomic E-state index is 0.134. The van der Waals surface area contributed by atoms with Crippen LogP contribution in [0.2, 0.25) is 0 Å². The smallest absolute Gasteiger partial charge is 0.245 e. The number of primary amides is 1. The summed E-state index contributed by atoms with van der Waals surface area (Å²) in [5, 5.41) is 12.3. The minimum atomic E-state index is -0.658. The third-order valence-electron chi connectivity index (χ3n) is 1.69. The molecule has 0 saturated carbocycles. The number of aliphatic hydroxyl groups is 1. The summed E-state index contributed by atoms with van der Waals surface area (Å²) in [4.78, 5) is 10.4. The van der Waals surface area contributed by atoms with Crippen LogP contribution in [0.3, 0.4) is 0 Å². The van der Waals surface area contributed by atoms with Crippen LogP contribution in [-0.2, 0) is 4.79 Å². The normalized spacial score (nSPS) is 12.3. The maximum Gasteiger partial charge on any atom is 0.245 e. The number of nitrogens with zero attached hydrogens (tertiary/aromatic N) is 2. The summed E-state index contributed by atoms with van der Waals surface area (Å²) < 4.78 is 12.7. The van der Waals surface area contributed by atoms with E-state index in [4.69, 9.17) is 10.5 Å². The van der Waals surface area contributed by atoms with Gasteiger partial charge in [0.2, 0.25) is 11.8 Å². The predicted molar refractivity (Wildman–Crippen MR) is 58.1 cm³/mol. The second kappa shape index (κ2) is 7.09. The third-order valence-corrected chi connectivity index (χ3v) is 2.15. The largest absolute Gasteiger partial charge is 0.473 e. The van der Waals surface area contributed by atoms with Crippen LogP contribution >= 0.6 is 11.7 Å². The van der Waals surface area contributed by atoms with E-state index < -0.39 is 6.10 Å². The summed E-state index contributed by atoms with van der Waals surface area (Å²) in [6.45, 7) is 0.921. The molecule has 1 heterocycles. The fourth-order valence-corrected chi connectivity index (χ4v) is 1.31. The predicted octanol–water partition coefficient (Wildman–Crippen LogP) is -1.26. The maximum atomic E-state index is 10.4. The second-order valence-corrected chi connectivity index (χ2v) is 3.69. The van der Waals surface area contributed by atoms with Crippen LogP contribution in [0.15, 0.2) is 6.20 Å². The first-order chi connectivity index (χ1) is 7.68. The number of ether oxygens (including phenoxy) is 1. The molecule has 90 valence electrons. The van der Waals surface area contributed by atoms with Crippen LogP contribution in [0, 0.1) is 0 Å². The third kappa shape index (κ3) is 5.59. The lowest BCUT2D eigenvalue weighted by Gasteiger charge is -2.11. The van der Waals surface area contributed by atoms with Crippen molar-refractivity contribution in [3.63, 3.8) is 0 Å². The molecule has 7 nitrogen and oxygen atoms in total. The highest BCUT2D eigenvalue weighted by molar-refractivity contribution is 6.99. The lowest BCUT2D eigenvalue weighted by molar-refractivity contribution is -0.117. The van der Waals surface area contributed by atoms with Gasteiger partial charge in [-0.25, -0.2) is 0 Å². The van der Waals surface area contributed by atoms with Gasteiger partial charge >= 0.3 is 0 Å². The van der Waals surface area contributed by atoms with E-state index in [1.807, 2.05) is 0 Å². The zero-order valence-corrected chi connectivity index (χ0v) is 9.44. The summed E-state index contributed by atoms with van der Waals surface area (Å²) in [6, 6.07) is 0. The summed E-state index contributed by atoms with van der Waals surface area (Å²) in [6.07, 6.45) is 1.08. The van der Waals surface area contributed by atoms with E-state index in [2.05, 4.69) is 14.1 Å². The number of aliphatic hydroxyl groups excluding tert-OH is 1. The topological polar surface area (TPSA) is 110 Å². The Bertz CT molecular complexity index is 306. The number of nitrogens with one attached hydrogen (secondary N) is 1. The highest BCUT2D eigenvalue weighted by Crippen LogP contribution is 2.04. The van der Waals surface area contributed by atoms with Crippen molar-refractivity contribution in [1.82, 2.24) is 14.1 Å². The van der Waals surface area contributed by atoms with Gasteiger partial charge in [-0.1, -0.05) is 0 Å². The quantitative estimate of drug-likeness (QED) is 0.494. The number of hydrogen-bond acceptors (Lipinski definition) is 7. The van der Waals surface area contributed by atoms with Crippen molar-refractivity contribution in [3.8, 4) is 5.88 Å². The first-order valence-corrected chi connectivity index (χ1v) is 5.49. The van der Waals surface area contributed by atoms with Crippen molar-refractivity contribution in [3.05, 3.63) is 6.20 Å². The average molecular weight is 246 g/mol. The molecule has 0 aromatic carbocycles. The molecule has 0 bridgehead atoms. The molecule has 0 fully saturated rings.